The lowest BCUT2D eigenvalue weighted by Gasteiger charge is -2.14. The largest absolute Gasteiger partial charge is 0.490 e. The Bertz CT molecular complexity index is 574. The number of ether oxygens (including phenoxy) is 2. The van der Waals surface area contributed by atoms with Crippen LogP contribution in [-0.4, -0.2) is 45.1 Å². The number of rotatable bonds is 6. The zero-order chi connectivity index (χ0) is 15.3. The van der Waals surface area contributed by atoms with Crippen molar-refractivity contribution in [1.82, 2.24) is 0 Å². The highest BCUT2D eigenvalue weighted by molar-refractivity contribution is 8.00. The summed E-state index contributed by atoms with van der Waals surface area (Å²) in [4.78, 5) is 0. The highest BCUT2D eigenvalue weighted by atomic mass is 32.2. The zero-order valence-corrected chi connectivity index (χ0v) is 13.7. The minimum Gasteiger partial charge on any atom is -0.490 e. The molecule has 1 atom stereocenters. The highest BCUT2D eigenvalue weighted by Gasteiger charge is 2.14. The molecule has 0 saturated heterocycles. The van der Waals surface area contributed by atoms with Crippen LogP contribution >= 0.6 is 11.8 Å². The Morgan fingerprint density at radius 3 is 2.71 bits per heavy atom. The van der Waals surface area contributed by atoms with Gasteiger partial charge < -0.3 is 15.2 Å². The summed E-state index contributed by atoms with van der Waals surface area (Å²) in [6.07, 6.45) is 2.12. The summed E-state index contributed by atoms with van der Waals surface area (Å²) in [5.74, 6) is 2.92. The van der Waals surface area contributed by atoms with Gasteiger partial charge in [-0.15, -0.1) is 0 Å². The van der Waals surface area contributed by atoms with Gasteiger partial charge in [-0.3, -0.25) is 0 Å². The van der Waals surface area contributed by atoms with Gasteiger partial charge in [-0.2, -0.15) is 11.8 Å². The van der Waals surface area contributed by atoms with E-state index in [9.17, 15) is 8.42 Å². The second kappa shape index (κ2) is 7.38. The maximum Gasteiger partial charge on any atom is 0.161 e. The number of thioether (sulfide) groups is 1. The molecule has 0 bridgehead atoms. The third-order valence-corrected chi connectivity index (χ3v) is 5.39. The van der Waals surface area contributed by atoms with E-state index in [0.717, 1.165) is 23.5 Å². The molecule has 1 heterocycles. The molecule has 0 saturated carbocycles. The Morgan fingerprint density at radius 2 is 2.00 bits per heavy atom. The van der Waals surface area contributed by atoms with E-state index in [-0.39, 0.29) is 11.8 Å². The smallest absolute Gasteiger partial charge is 0.161 e. The summed E-state index contributed by atoms with van der Waals surface area (Å²) in [6, 6.07) is 5.60. The van der Waals surface area contributed by atoms with E-state index in [1.54, 1.807) is 11.8 Å². The molecule has 1 aromatic carbocycles. The molecule has 0 amide bonds. The Labute approximate surface area is 130 Å². The maximum absolute atomic E-state index is 11.1. The molecule has 0 aliphatic carbocycles. The van der Waals surface area contributed by atoms with E-state index in [1.165, 1.54) is 6.26 Å². The number of nitrogens with two attached hydrogens (primary N) is 1. The number of hydrogen-bond donors (Lipinski definition) is 1. The average Bonchev–Trinajstić information content (AvgIpc) is 2.66. The average molecular weight is 331 g/mol. The van der Waals surface area contributed by atoms with E-state index >= 15 is 0 Å². The minimum absolute atomic E-state index is 0.147. The van der Waals surface area contributed by atoms with E-state index in [0.29, 0.717) is 24.7 Å². The summed E-state index contributed by atoms with van der Waals surface area (Å²) in [6.45, 7) is 1.31. The standard InChI is InChI=1S/C14H21NO4S2/c1-21(16,17)8-7-20-10-12(15)11-3-4-13-14(9-11)19-6-2-5-18-13/h3-4,9,12H,2,5-8,10,15H2,1H3. The summed E-state index contributed by atoms with van der Waals surface area (Å²) >= 11 is 1.55. The fraction of sp³-hybridized carbons (Fsp3) is 0.571. The first-order valence-electron chi connectivity index (χ1n) is 6.86. The minimum atomic E-state index is -2.90. The van der Waals surface area contributed by atoms with Gasteiger partial charge in [0.05, 0.1) is 19.0 Å². The SMILES string of the molecule is CS(=O)(=O)CCSCC(N)c1ccc2c(c1)OCCCO2. The van der Waals surface area contributed by atoms with Crippen LogP contribution in [0.3, 0.4) is 0 Å². The lowest BCUT2D eigenvalue weighted by Crippen LogP contribution is -2.14. The van der Waals surface area contributed by atoms with Crippen molar-refractivity contribution in [3.05, 3.63) is 23.8 Å². The lowest BCUT2D eigenvalue weighted by molar-refractivity contribution is 0.297. The van der Waals surface area contributed by atoms with Crippen LogP contribution in [0.1, 0.15) is 18.0 Å². The Balaban J connectivity index is 1.90. The molecule has 21 heavy (non-hydrogen) atoms. The summed E-state index contributed by atoms with van der Waals surface area (Å²) in [7, 11) is -2.90. The first-order chi connectivity index (χ1) is 9.96. The monoisotopic (exact) mass is 331 g/mol. The molecule has 0 radical (unpaired) electrons. The quantitative estimate of drug-likeness (QED) is 0.798. The van der Waals surface area contributed by atoms with Crippen LogP contribution in [0.15, 0.2) is 18.2 Å². The highest BCUT2D eigenvalue weighted by Crippen LogP contribution is 2.32. The number of hydrogen-bond acceptors (Lipinski definition) is 6. The van der Waals surface area contributed by atoms with Gasteiger partial charge in [0, 0.05) is 30.2 Å². The first-order valence-corrected chi connectivity index (χ1v) is 10.1. The van der Waals surface area contributed by atoms with Gasteiger partial charge in [0.1, 0.15) is 9.84 Å². The number of sulfone groups is 1. The first kappa shape index (κ1) is 16.5. The molecule has 1 aliphatic rings. The van der Waals surface area contributed by atoms with E-state index in [4.69, 9.17) is 15.2 Å². The van der Waals surface area contributed by atoms with Crippen molar-refractivity contribution in [2.45, 2.75) is 12.5 Å². The third kappa shape index (κ3) is 5.41. The molecule has 2 N–H and O–H groups in total. The normalized spacial score (nSPS) is 16.3. The van der Waals surface area contributed by atoms with Crippen LogP contribution in [0.5, 0.6) is 11.5 Å². The van der Waals surface area contributed by atoms with Gasteiger partial charge in [-0.05, 0) is 17.7 Å². The fourth-order valence-electron chi connectivity index (χ4n) is 1.93. The van der Waals surface area contributed by atoms with Crippen molar-refractivity contribution in [2.24, 2.45) is 5.73 Å². The van der Waals surface area contributed by atoms with Crippen LogP contribution in [0.4, 0.5) is 0 Å². The molecule has 0 spiro atoms. The second-order valence-corrected chi connectivity index (χ2v) is 8.48. The van der Waals surface area contributed by atoms with Crippen molar-refractivity contribution >= 4 is 21.6 Å². The zero-order valence-electron chi connectivity index (χ0n) is 12.1. The van der Waals surface area contributed by atoms with Crippen LogP contribution in [0, 0.1) is 0 Å². The van der Waals surface area contributed by atoms with E-state index in [2.05, 4.69) is 0 Å². The number of fused-ring (bicyclic) bond motifs is 1. The van der Waals surface area contributed by atoms with Crippen LogP contribution in [0.2, 0.25) is 0 Å². The summed E-state index contributed by atoms with van der Waals surface area (Å²) < 4.78 is 33.4. The van der Waals surface area contributed by atoms with Crippen LogP contribution < -0.4 is 15.2 Å². The van der Waals surface area contributed by atoms with Gasteiger partial charge in [0.25, 0.3) is 0 Å². The lowest BCUT2D eigenvalue weighted by atomic mass is 10.1. The molecule has 1 aliphatic heterocycles. The van der Waals surface area contributed by atoms with Gasteiger partial charge in [-0.1, -0.05) is 6.07 Å². The molecule has 1 aromatic rings. The molecule has 5 nitrogen and oxygen atoms in total. The molecule has 0 aromatic heterocycles. The molecular formula is C14H21NO4S2. The van der Waals surface area contributed by atoms with Crippen molar-refractivity contribution in [2.75, 3.05) is 36.7 Å². The summed E-state index contributed by atoms with van der Waals surface area (Å²) in [5, 5.41) is 0. The molecule has 1 unspecified atom stereocenters. The molecule has 7 heteroatoms. The molecule has 118 valence electrons. The summed E-state index contributed by atoms with van der Waals surface area (Å²) in [5.41, 5.74) is 7.13. The fourth-order valence-corrected chi connectivity index (χ4v) is 4.22. The van der Waals surface area contributed by atoms with Gasteiger partial charge >= 0.3 is 0 Å². The topological polar surface area (TPSA) is 78.6 Å². The predicted octanol–water partition coefficient (Wildman–Crippen LogP) is 1.63. The Morgan fingerprint density at radius 1 is 1.29 bits per heavy atom. The molecular weight excluding hydrogens is 310 g/mol. The van der Waals surface area contributed by atoms with Gasteiger partial charge in [-0.25, -0.2) is 8.42 Å². The number of benzene rings is 1. The predicted molar refractivity (Wildman–Crippen MR) is 86.0 cm³/mol. The Hall–Kier alpha value is -0.920. The molecule has 2 rings (SSSR count). The third-order valence-electron chi connectivity index (χ3n) is 3.10. The van der Waals surface area contributed by atoms with Crippen molar-refractivity contribution < 1.29 is 17.9 Å². The Kier molecular flexibility index (Phi) is 5.78. The van der Waals surface area contributed by atoms with Crippen LogP contribution in [0.25, 0.3) is 0 Å². The van der Waals surface area contributed by atoms with Gasteiger partial charge in [0.2, 0.25) is 0 Å². The van der Waals surface area contributed by atoms with Crippen molar-refractivity contribution in [1.29, 1.82) is 0 Å². The second-order valence-electron chi connectivity index (χ2n) is 5.07. The van der Waals surface area contributed by atoms with Gasteiger partial charge in [0.15, 0.2) is 11.5 Å². The maximum atomic E-state index is 11.1. The van der Waals surface area contributed by atoms with E-state index < -0.39 is 9.84 Å². The van der Waals surface area contributed by atoms with Crippen molar-refractivity contribution in [3.8, 4) is 11.5 Å². The van der Waals surface area contributed by atoms with E-state index in [1.807, 2.05) is 18.2 Å². The molecule has 0 fully saturated rings. The van der Waals surface area contributed by atoms with Crippen molar-refractivity contribution in [3.63, 3.8) is 0 Å². The van der Waals surface area contributed by atoms with Crippen LogP contribution in [-0.2, 0) is 9.84 Å².